The number of hydrogen-bond donors (Lipinski definition) is 1. The normalized spacial score (nSPS) is 15.2. The average molecular weight is 345 g/mol. The van der Waals surface area contributed by atoms with E-state index < -0.39 is 0 Å². The molecule has 0 aromatic heterocycles. The standard InChI is InChI=1S/C20H31N3O2/c1-15-11-16(2)20(17(3)12-15)21-18(24)13-22(4)14-19(25)23-9-7-5-6-8-10-23/h11-12H,5-10,13-14H2,1-4H3,(H,21,24). The first-order valence-corrected chi connectivity index (χ1v) is 9.21. The van der Waals surface area contributed by atoms with Gasteiger partial charge in [0.15, 0.2) is 0 Å². The fourth-order valence-electron chi connectivity index (χ4n) is 3.51. The summed E-state index contributed by atoms with van der Waals surface area (Å²) in [6.07, 6.45) is 4.58. The van der Waals surface area contributed by atoms with Gasteiger partial charge in [0.2, 0.25) is 11.8 Å². The lowest BCUT2D eigenvalue weighted by Gasteiger charge is -2.24. The lowest BCUT2D eigenvalue weighted by molar-refractivity contribution is -0.132. The summed E-state index contributed by atoms with van der Waals surface area (Å²) in [4.78, 5) is 28.5. The highest BCUT2D eigenvalue weighted by atomic mass is 16.2. The molecule has 138 valence electrons. The van der Waals surface area contributed by atoms with Crippen molar-refractivity contribution in [2.45, 2.75) is 46.5 Å². The first-order chi connectivity index (χ1) is 11.9. The van der Waals surface area contributed by atoms with Gasteiger partial charge in [0.05, 0.1) is 13.1 Å². The van der Waals surface area contributed by atoms with E-state index in [4.69, 9.17) is 0 Å². The highest BCUT2D eigenvalue weighted by Crippen LogP contribution is 2.21. The van der Waals surface area contributed by atoms with Gasteiger partial charge < -0.3 is 10.2 Å². The second-order valence-corrected chi connectivity index (χ2v) is 7.29. The van der Waals surface area contributed by atoms with Crippen molar-refractivity contribution in [2.75, 3.05) is 38.5 Å². The molecular weight excluding hydrogens is 314 g/mol. The van der Waals surface area contributed by atoms with E-state index >= 15 is 0 Å². The molecule has 5 heteroatoms. The zero-order valence-corrected chi connectivity index (χ0v) is 16.0. The van der Waals surface area contributed by atoms with Gasteiger partial charge in [-0.25, -0.2) is 0 Å². The molecule has 1 aromatic rings. The predicted molar refractivity (Wildman–Crippen MR) is 102 cm³/mol. The molecule has 1 aliphatic heterocycles. The second-order valence-electron chi connectivity index (χ2n) is 7.29. The lowest BCUT2D eigenvalue weighted by Crippen LogP contribution is -2.41. The van der Waals surface area contributed by atoms with Gasteiger partial charge in [0.1, 0.15) is 0 Å². The summed E-state index contributed by atoms with van der Waals surface area (Å²) in [5.74, 6) is 0.0427. The Bertz CT molecular complexity index is 596. The largest absolute Gasteiger partial charge is 0.342 e. The number of anilines is 1. The van der Waals surface area contributed by atoms with E-state index in [1.54, 1.807) is 4.90 Å². The molecule has 1 fully saturated rings. The first kappa shape index (κ1) is 19.4. The van der Waals surface area contributed by atoms with Gasteiger partial charge in [-0.3, -0.25) is 14.5 Å². The Labute approximate surface area is 151 Å². The molecule has 2 amide bonds. The Hall–Kier alpha value is -1.88. The molecule has 0 saturated carbocycles. The third kappa shape index (κ3) is 5.85. The van der Waals surface area contributed by atoms with Crippen LogP contribution >= 0.6 is 0 Å². The molecule has 0 atom stereocenters. The van der Waals surface area contributed by atoms with Gasteiger partial charge in [-0.05, 0) is 51.8 Å². The van der Waals surface area contributed by atoms with Crippen molar-refractivity contribution in [3.8, 4) is 0 Å². The van der Waals surface area contributed by atoms with Crippen LogP contribution in [0.2, 0.25) is 0 Å². The number of benzene rings is 1. The van der Waals surface area contributed by atoms with Gasteiger partial charge >= 0.3 is 0 Å². The number of likely N-dealkylation sites (tertiary alicyclic amines) is 1. The fraction of sp³-hybridized carbons (Fsp3) is 0.600. The number of likely N-dealkylation sites (N-methyl/N-ethyl adjacent to an activating group) is 1. The molecule has 0 radical (unpaired) electrons. The van der Waals surface area contributed by atoms with Crippen LogP contribution in [0.4, 0.5) is 5.69 Å². The minimum Gasteiger partial charge on any atom is -0.342 e. The van der Waals surface area contributed by atoms with Crippen LogP contribution in [0.3, 0.4) is 0 Å². The Morgan fingerprint density at radius 2 is 1.56 bits per heavy atom. The van der Waals surface area contributed by atoms with Crippen molar-refractivity contribution in [3.05, 3.63) is 28.8 Å². The van der Waals surface area contributed by atoms with Gasteiger partial charge in [0.25, 0.3) is 0 Å². The number of nitrogens with zero attached hydrogens (tertiary/aromatic N) is 2. The Balaban J connectivity index is 1.86. The summed E-state index contributed by atoms with van der Waals surface area (Å²) in [5.41, 5.74) is 4.19. The van der Waals surface area contributed by atoms with E-state index in [1.807, 2.05) is 32.7 Å². The van der Waals surface area contributed by atoms with E-state index in [0.29, 0.717) is 6.54 Å². The Morgan fingerprint density at radius 1 is 1.00 bits per heavy atom. The number of carbonyl (C=O) groups is 2. The van der Waals surface area contributed by atoms with Crippen LogP contribution in [0.15, 0.2) is 12.1 Å². The molecule has 5 nitrogen and oxygen atoms in total. The highest BCUT2D eigenvalue weighted by Gasteiger charge is 2.18. The molecule has 0 bridgehead atoms. The molecule has 0 spiro atoms. The number of amides is 2. The minimum atomic E-state index is -0.0822. The third-order valence-corrected chi connectivity index (χ3v) is 4.72. The van der Waals surface area contributed by atoms with E-state index in [2.05, 4.69) is 17.4 Å². The van der Waals surface area contributed by atoms with Crippen molar-refractivity contribution < 1.29 is 9.59 Å². The van der Waals surface area contributed by atoms with Crippen molar-refractivity contribution in [2.24, 2.45) is 0 Å². The number of aryl methyl sites for hydroxylation is 3. The quantitative estimate of drug-likeness (QED) is 0.893. The summed E-state index contributed by atoms with van der Waals surface area (Å²) in [6, 6.07) is 4.13. The van der Waals surface area contributed by atoms with Gasteiger partial charge in [-0.2, -0.15) is 0 Å². The Morgan fingerprint density at radius 3 is 2.12 bits per heavy atom. The smallest absolute Gasteiger partial charge is 0.238 e. The molecule has 1 aromatic carbocycles. The first-order valence-electron chi connectivity index (χ1n) is 9.21. The van der Waals surface area contributed by atoms with Crippen molar-refractivity contribution in [1.29, 1.82) is 0 Å². The summed E-state index contributed by atoms with van der Waals surface area (Å²) in [7, 11) is 1.82. The summed E-state index contributed by atoms with van der Waals surface area (Å²) in [6.45, 7) is 8.26. The molecule has 1 aliphatic rings. The SMILES string of the molecule is Cc1cc(C)c(NC(=O)CN(C)CC(=O)N2CCCCCC2)c(C)c1. The van der Waals surface area contributed by atoms with Crippen LogP contribution in [0, 0.1) is 20.8 Å². The van der Waals surface area contributed by atoms with E-state index in [9.17, 15) is 9.59 Å². The average Bonchev–Trinajstić information content (AvgIpc) is 2.79. The van der Waals surface area contributed by atoms with E-state index in [1.165, 1.54) is 18.4 Å². The molecular formula is C20H31N3O2. The monoisotopic (exact) mass is 345 g/mol. The molecule has 2 rings (SSSR count). The van der Waals surface area contributed by atoms with Crippen LogP contribution < -0.4 is 5.32 Å². The summed E-state index contributed by atoms with van der Waals surface area (Å²) >= 11 is 0. The number of carbonyl (C=O) groups excluding carboxylic acids is 2. The maximum absolute atomic E-state index is 12.4. The molecule has 1 heterocycles. The highest BCUT2D eigenvalue weighted by molar-refractivity contribution is 5.94. The van der Waals surface area contributed by atoms with Crippen LogP contribution in [0.25, 0.3) is 0 Å². The van der Waals surface area contributed by atoms with Crippen LogP contribution in [-0.4, -0.2) is 54.8 Å². The summed E-state index contributed by atoms with van der Waals surface area (Å²) < 4.78 is 0. The van der Waals surface area contributed by atoms with E-state index in [0.717, 1.165) is 42.7 Å². The number of hydrogen-bond acceptors (Lipinski definition) is 3. The maximum atomic E-state index is 12.4. The molecule has 0 unspecified atom stereocenters. The van der Waals surface area contributed by atoms with E-state index in [-0.39, 0.29) is 18.4 Å². The second kappa shape index (κ2) is 8.99. The van der Waals surface area contributed by atoms with Gasteiger partial charge in [0, 0.05) is 18.8 Å². The molecule has 25 heavy (non-hydrogen) atoms. The lowest BCUT2D eigenvalue weighted by atomic mass is 10.1. The molecule has 1 saturated heterocycles. The zero-order chi connectivity index (χ0) is 18.4. The third-order valence-electron chi connectivity index (χ3n) is 4.72. The molecule has 1 N–H and O–H groups in total. The van der Waals surface area contributed by atoms with Crippen LogP contribution in [-0.2, 0) is 9.59 Å². The molecule has 0 aliphatic carbocycles. The van der Waals surface area contributed by atoms with Crippen molar-refractivity contribution in [3.63, 3.8) is 0 Å². The van der Waals surface area contributed by atoms with Crippen molar-refractivity contribution >= 4 is 17.5 Å². The fourth-order valence-corrected chi connectivity index (χ4v) is 3.51. The van der Waals surface area contributed by atoms with Gasteiger partial charge in [-0.1, -0.05) is 30.5 Å². The Kier molecular flexibility index (Phi) is 7.00. The summed E-state index contributed by atoms with van der Waals surface area (Å²) in [5, 5.41) is 2.99. The minimum absolute atomic E-state index is 0.0822. The zero-order valence-electron chi connectivity index (χ0n) is 16.0. The topological polar surface area (TPSA) is 52.7 Å². The van der Waals surface area contributed by atoms with Crippen LogP contribution in [0.5, 0.6) is 0 Å². The number of nitrogens with one attached hydrogen (secondary N) is 1. The maximum Gasteiger partial charge on any atom is 0.238 e. The predicted octanol–water partition coefficient (Wildman–Crippen LogP) is 2.88. The van der Waals surface area contributed by atoms with Crippen LogP contribution in [0.1, 0.15) is 42.4 Å². The van der Waals surface area contributed by atoms with Crippen molar-refractivity contribution in [1.82, 2.24) is 9.80 Å². The number of rotatable bonds is 5. The van der Waals surface area contributed by atoms with Gasteiger partial charge in [-0.15, -0.1) is 0 Å².